The summed E-state index contributed by atoms with van der Waals surface area (Å²) < 4.78 is 0. The number of amides is 2. The van der Waals surface area contributed by atoms with E-state index in [-0.39, 0.29) is 11.8 Å². The number of fused-ring (bicyclic) bond motifs is 2. The van der Waals surface area contributed by atoms with Gasteiger partial charge in [0, 0.05) is 5.02 Å². The van der Waals surface area contributed by atoms with Crippen molar-refractivity contribution in [1.29, 1.82) is 0 Å². The van der Waals surface area contributed by atoms with Gasteiger partial charge in [0.1, 0.15) is 5.92 Å². The Kier molecular flexibility index (Phi) is 4.68. The van der Waals surface area contributed by atoms with Crippen LogP contribution in [0.5, 0.6) is 0 Å². The molecule has 6 rings (SSSR count). The molecule has 0 spiro atoms. The van der Waals surface area contributed by atoms with Gasteiger partial charge in [-0.05, 0) is 46.7 Å². The number of hydroxylamine groups is 1. The van der Waals surface area contributed by atoms with Gasteiger partial charge in [0.15, 0.2) is 6.10 Å². The van der Waals surface area contributed by atoms with Crippen molar-refractivity contribution in [2.45, 2.75) is 12.1 Å². The lowest BCUT2D eigenvalue weighted by Crippen LogP contribution is -2.37. The van der Waals surface area contributed by atoms with Crippen molar-refractivity contribution >= 4 is 45.6 Å². The Bertz CT molecular complexity index is 1390. The average molecular weight is 455 g/mol. The summed E-state index contributed by atoms with van der Waals surface area (Å²) >= 11 is 6.14. The summed E-state index contributed by atoms with van der Waals surface area (Å²) in [5.41, 5.74) is 2.19. The third-order valence-electron chi connectivity index (χ3n) is 6.33. The third-order valence-corrected chi connectivity index (χ3v) is 6.57. The van der Waals surface area contributed by atoms with Gasteiger partial charge < -0.3 is 0 Å². The maximum Gasteiger partial charge on any atom is 0.266 e. The van der Waals surface area contributed by atoms with Gasteiger partial charge in [0.2, 0.25) is 5.91 Å². The number of halogens is 1. The number of hydrogen-bond acceptors (Lipinski definition) is 4. The van der Waals surface area contributed by atoms with Crippen LogP contribution >= 0.6 is 11.6 Å². The molecular weight excluding hydrogens is 436 g/mol. The SMILES string of the molecule is O=C1[C@@H]2[C@@H](c3cccc4ccccc34)N(c3ccccc3)O[C@H]2C(=O)N1c1cccc(Cl)c1. The maximum atomic E-state index is 13.8. The van der Waals surface area contributed by atoms with E-state index in [1.54, 1.807) is 29.3 Å². The summed E-state index contributed by atoms with van der Waals surface area (Å²) in [5, 5.41) is 4.27. The number of rotatable bonds is 3. The lowest BCUT2D eigenvalue weighted by molar-refractivity contribution is -0.126. The molecule has 2 saturated heterocycles. The van der Waals surface area contributed by atoms with Gasteiger partial charge in [-0.15, -0.1) is 0 Å². The molecule has 162 valence electrons. The van der Waals surface area contributed by atoms with Crippen LogP contribution in [0, 0.1) is 5.92 Å². The first-order chi connectivity index (χ1) is 16.1. The molecule has 2 amide bonds. The summed E-state index contributed by atoms with van der Waals surface area (Å²) in [5.74, 6) is -1.36. The number of hydrogen-bond donors (Lipinski definition) is 0. The predicted octanol–water partition coefficient (Wildman–Crippen LogP) is 5.54. The molecular formula is C27H19ClN2O3. The summed E-state index contributed by atoms with van der Waals surface area (Å²) in [6.07, 6.45) is -0.916. The second kappa shape index (κ2) is 7.73. The number of nitrogens with zero attached hydrogens (tertiary/aromatic N) is 2. The van der Waals surface area contributed by atoms with Gasteiger partial charge in [0.05, 0.1) is 17.4 Å². The molecule has 0 saturated carbocycles. The molecule has 0 aromatic heterocycles. The van der Waals surface area contributed by atoms with E-state index < -0.39 is 18.1 Å². The van der Waals surface area contributed by atoms with Crippen LogP contribution in [0.3, 0.4) is 0 Å². The topological polar surface area (TPSA) is 49.9 Å². The van der Waals surface area contributed by atoms with Crippen molar-refractivity contribution in [1.82, 2.24) is 0 Å². The Labute approximate surface area is 195 Å². The Morgan fingerprint density at radius 2 is 1.42 bits per heavy atom. The zero-order valence-corrected chi connectivity index (χ0v) is 18.2. The smallest absolute Gasteiger partial charge is 0.266 e. The average Bonchev–Trinajstić information content (AvgIpc) is 3.35. The van der Waals surface area contributed by atoms with Gasteiger partial charge >= 0.3 is 0 Å². The summed E-state index contributed by atoms with van der Waals surface area (Å²) in [6, 6.07) is 30.0. The van der Waals surface area contributed by atoms with Crippen LogP contribution in [0.4, 0.5) is 11.4 Å². The van der Waals surface area contributed by atoms with E-state index >= 15 is 0 Å². The van der Waals surface area contributed by atoms with Crippen molar-refractivity contribution in [3.05, 3.63) is 108 Å². The number of anilines is 2. The number of carbonyl (C=O) groups excluding carboxylic acids is 2. The van der Waals surface area contributed by atoms with E-state index in [2.05, 4.69) is 0 Å². The van der Waals surface area contributed by atoms with E-state index in [1.807, 2.05) is 72.8 Å². The normalized spacial score (nSPS) is 22.3. The van der Waals surface area contributed by atoms with Crippen LogP contribution < -0.4 is 9.96 Å². The van der Waals surface area contributed by atoms with E-state index in [0.717, 1.165) is 22.0 Å². The first-order valence-corrected chi connectivity index (χ1v) is 11.1. The van der Waals surface area contributed by atoms with Gasteiger partial charge in [0.25, 0.3) is 5.91 Å². The highest BCUT2D eigenvalue weighted by Gasteiger charge is 2.60. The third kappa shape index (κ3) is 3.12. The summed E-state index contributed by atoms with van der Waals surface area (Å²) in [6.45, 7) is 0. The van der Waals surface area contributed by atoms with Gasteiger partial charge in [-0.3, -0.25) is 14.4 Å². The molecule has 33 heavy (non-hydrogen) atoms. The number of benzene rings is 4. The van der Waals surface area contributed by atoms with E-state index in [9.17, 15) is 9.59 Å². The fraction of sp³-hybridized carbons (Fsp3) is 0.111. The number of imide groups is 1. The zero-order valence-electron chi connectivity index (χ0n) is 17.5. The largest absolute Gasteiger partial charge is 0.273 e. The van der Waals surface area contributed by atoms with Crippen molar-refractivity contribution in [3.63, 3.8) is 0 Å². The monoisotopic (exact) mass is 454 g/mol. The van der Waals surface area contributed by atoms with Crippen LogP contribution in [-0.2, 0) is 14.4 Å². The van der Waals surface area contributed by atoms with E-state index in [0.29, 0.717) is 10.7 Å². The second-order valence-corrected chi connectivity index (χ2v) is 8.65. The molecule has 5 nitrogen and oxygen atoms in total. The van der Waals surface area contributed by atoms with Gasteiger partial charge in [-0.25, -0.2) is 9.96 Å². The molecule has 0 N–H and O–H groups in total. The maximum absolute atomic E-state index is 13.8. The predicted molar refractivity (Wildman–Crippen MR) is 128 cm³/mol. The van der Waals surface area contributed by atoms with Gasteiger partial charge in [-0.2, -0.15) is 0 Å². The second-order valence-electron chi connectivity index (χ2n) is 8.22. The minimum Gasteiger partial charge on any atom is -0.273 e. The summed E-state index contributed by atoms with van der Waals surface area (Å²) in [7, 11) is 0. The van der Waals surface area contributed by atoms with Crippen LogP contribution in [0.2, 0.25) is 5.02 Å². The Hall–Kier alpha value is -3.67. The number of carbonyl (C=O) groups is 2. The molecule has 2 heterocycles. The molecule has 4 aromatic carbocycles. The quantitative estimate of drug-likeness (QED) is 0.381. The Morgan fingerprint density at radius 1 is 0.727 bits per heavy atom. The number of para-hydroxylation sites is 1. The first-order valence-electron chi connectivity index (χ1n) is 10.8. The van der Waals surface area contributed by atoms with Crippen molar-refractivity contribution in [2.75, 3.05) is 9.96 Å². The molecule has 4 aromatic rings. The lowest BCUT2D eigenvalue weighted by Gasteiger charge is -2.29. The molecule has 0 unspecified atom stereocenters. The fourth-order valence-corrected chi connectivity index (χ4v) is 5.09. The Balaban J connectivity index is 1.51. The highest BCUT2D eigenvalue weighted by Crippen LogP contribution is 2.49. The minimum absolute atomic E-state index is 0.288. The highest BCUT2D eigenvalue weighted by molar-refractivity contribution is 6.31. The minimum atomic E-state index is -0.916. The Morgan fingerprint density at radius 3 is 2.24 bits per heavy atom. The van der Waals surface area contributed by atoms with Crippen LogP contribution in [0.1, 0.15) is 11.6 Å². The molecule has 2 fully saturated rings. The van der Waals surface area contributed by atoms with E-state index in [1.165, 1.54) is 4.90 Å². The van der Waals surface area contributed by atoms with Crippen molar-refractivity contribution in [2.24, 2.45) is 5.92 Å². The molecule has 6 heteroatoms. The van der Waals surface area contributed by atoms with E-state index in [4.69, 9.17) is 16.4 Å². The van der Waals surface area contributed by atoms with Crippen LogP contribution in [-0.4, -0.2) is 17.9 Å². The van der Waals surface area contributed by atoms with Crippen LogP contribution in [0.15, 0.2) is 97.1 Å². The molecule has 0 radical (unpaired) electrons. The summed E-state index contributed by atoms with van der Waals surface area (Å²) in [4.78, 5) is 34.6. The molecule has 0 bridgehead atoms. The first kappa shape index (κ1) is 20.0. The van der Waals surface area contributed by atoms with Crippen molar-refractivity contribution in [3.8, 4) is 0 Å². The standard InChI is InChI=1S/C27H19ClN2O3/c28-18-10-7-13-20(16-18)29-26(31)23-24(22-15-6-9-17-8-4-5-14-21(17)22)30(33-25(23)27(29)32)19-11-2-1-3-12-19/h1-16,23-25H/t23-,24-,25-/m1/s1. The molecule has 2 aliphatic heterocycles. The zero-order chi connectivity index (χ0) is 22.5. The molecule has 0 aliphatic carbocycles. The van der Waals surface area contributed by atoms with Gasteiger partial charge in [-0.1, -0.05) is 78.3 Å². The molecule has 3 atom stereocenters. The van der Waals surface area contributed by atoms with Crippen LogP contribution in [0.25, 0.3) is 10.8 Å². The van der Waals surface area contributed by atoms with Crippen molar-refractivity contribution < 1.29 is 14.4 Å². The highest BCUT2D eigenvalue weighted by atomic mass is 35.5. The lowest BCUT2D eigenvalue weighted by atomic mass is 9.87. The molecule has 2 aliphatic rings. The fourth-order valence-electron chi connectivity index (χ4n) is 4.91.